The summed E-state index contributed by atoms with van der Waals surface area (Å²) >= 11 is 0. The van der Waals surface area contributed by atoms with E-state index in [2.05, 4.69) is 34.5 Å². The second-order valence-electron chi connectivity index (χ2n) is 6.04. The molecule has 116 valence electrons. The van der Waals surface area contributed by atoms with Crippen molar-refractivity contribution in [2.75, 3.05) is 39.9 Å². The first-order chi connectivity index (χ1) is 10.4. The van der Waals surface area contributed by atoms with Gasteiger partial charge in [0.1, 0.15) is 11.9 Å². The van der Waals surface area contributed by atoms with Crippen molar-refractivity contribution in [3.05, 3.63) is 29.8 Å². The van der Waals surface area contributed by atoms with Gasteiger partial charge in [-0.2, -0.15) is 0 Å². The SMILES string of the molecule is COCCNCC1CCCN1CC1Cc2ccccc2O1. The minimum atomic E-state index is 0.321. The highest BCUT2D eigenvalue weighted by Gasteiger charge is 2.30. The van der Waals surface area contributed by atoms with Crippen molar-refractivity contribution in [1.82, 2.24) is 10.2 Å². The molecule has 1 aromatic rings. The number of para-hydroxylation sites is 1. The minimum absolute atomic E-state index is 0.321. The Labute approximate surface area is 127 Å². The highest BCUT2D eigenvalue weighted by atomic mass is 16.5. The molecule has 0 saturated carbocycles. The fraction of sp³-hybridized carbons (Fsp3) is 0.647. The summed E-state index contributed by atoms with van der Waals surface area (Å²) in [5, 5.41) is 3.49. The average molecular weight is 290 g/mol. The monoisotopic (exact) mass is 290 g/mol. The zero-order valence-corrected chi connectivity index (χ0v) is 12.9. The van der Waals surface area contributed by atoms with E-state index in [-0.39, 0.29) is 0 Å². The second kappa shape index (κ2) is 7.25. The zero-order chi connectivity index (χ0) is 14.5. The van der Waals surface area contributed by atoms with Crippen LogP contribution in [0.25, 0.3) is 0 Å². The number of benzene rings is 1. The largest absolute Gasteiger partial charge is 0.488 e. The number of likely N-dealkylation sites (tertiary alicyclic amines) is 1. The van der Waals surface area contributed by atoms with Crippen LogP contribution >= 0.6 is 0 Å². The molecule has 21 heavy (non-hydrogen) atoms. The molecule has 1 N–H and O–H groups in total. The van der Waals surface area contributed by atoms with Crippen LogP contribution in [0.4, 0.5) is 0 Å². The lowest BCUT2D eigenvalue weighted by atomic mass is 10.1. The number of methoxy groups -OCH3 is 1. The Morgan fingerprint density at radius 1 is 1.38 bits per heavy atom. The molecule has 1 fully saturated rings. The molecule has 0 bridgehead atoms. The Kier molecular flexibility index (Phi) is 5.12. The van der Waals surface area contributed by atoms with E-state index in [0.29, 0.717) is 12.1 Å². The molecule has 0 aliphatic carbocycles. The van der Waals surface area contributed by atoms with Gasteiger partial charge in [-0.3, -0.25) is 4.90 Å². The lowest BCUT2D eigenvalue weighted by Gasteiger charge is -2.27. The lowest BCUT2D eigenvalue weighted by Crippen LogP contribution is -2.43. The zero-order valence-electron chi connectivity index (χ0n) is 12.9. The van der Waals surface area contributed by atoms with Crippen LogP contribution in [-0.2, 0) is 11.2 Å². The number of ether oxygens (including phenoxy) is 2. The molecule has 0 amide bonds. The van der Waals surface area contributed by atoms with E-state index < -0.39 is 0 Å². The standard InChI is InChI=1S/C17H26N2O2/c1-20-10-8-18-12-15-6-4-9-19(15)13-16-11-14-5-2-3-7-17(14)21-16/h2-3,5,7,15-16,18H,4,6,8-13H2,1H3. The third-order valence-electron chi connectivity index (χ3n) is 4.51. The van der Waals surface area contributed by atoms with Crippen LogP contribution in [0.5, 0.6) is 5.75 Å². The second-order valence-corrected chi connectivity index (χ2v) is 6.04. The van der Waals surface area contributed by atoms with E-state index in [1.54, 1.807) is 7.11 Å². The topological polar surface area (TPSA) is 33.7 Å². The number of hydrogen-bond acceptors (Lipinski definition) is 4. The summed E-state index contributed by atoms with van der Waals surface area (Å²) in [6, 6.07) is 9.07. The van der Waals surface area contributed by atoms with Gasteiger partial charge >= 0.3 is 0 Å². The lowest BCUT2D eigenvalue weighted by molar-refractivity contribution is 0.138. The summed E-state index contributed by atoms with van der Waals surface area (Å²) in [4.78, 5) is 2.59. The highest BCUT2D eigenvalue weighted by Crippen LogP contribution is 2.29. The maximum Gasteiger partial charge on any atom is 0.123 e. The van der Waals surface area contributed by atoms with Crippen LogP contribution < -0.4 is 10.1 Å². The summed E-state index contributed by atoms with van der Waals surface area (Å²) in [6.07, 6.45) is 3.97. The molecule has 2 aliphatic rings. The molecule has 2 heterocycles. The maximum atomic E-state index is 6.08. The van der Waals surface area contributed by atoms with Crippen LogP contribution in [0.2, 0.25) is 0 Å². The molecule has 2 atom stereocenters. The number of nitrogens with one attached hydrogen (secondary N) is 1. The number of rotatable bonds is 7. The van der Waals surface area contributed by atoms with E-state index in [4.69, 9.17) is 9.47 Å². The molecule has 4 nitrogen and oxygen atoms in total. The van der Waals surface area contributed by atoms with Crippen molar-refractivity contribution in [2.24, 2.45) is 0 Å². The molecule has 2 aliphatic heterocycles. The van der Waals surface area contributed by atoms with Gasteiger partial charge in [-0.25, -0.2) is 0 Å². The molecular formula is C17H26N2O2. The first-order valence-electron chi connectivity index (χ1n) is 8.05. The third kappa shape index (κ3) is 3.76. The first kappa shape index (κ1) is 14.8. The van der Waals surface area contributed by atoms with Gasteiger partial charge in [0.15, 0.2) is 0 Å². The number of nitrogens with zero attached hydrogens (tertiary/aromatic N) is 1. The molecule has 1 aromatic carbocycles. The van der Waals surface area contributed by atoms with E-state index in [0.717, 1.165) is 38.4 Å². The third-order valence-corrected chi connectivity index (χ3v) is 4.51. The van der Waals surface area contributed by atoms with Crippen LogP contribution in [0.1, 0.15) is 18.4 Å². The van der Waals surface area contributed by atoms with Crippen molar-refractivity contribution in [2.45, 2.75) is 31.4 Å². The van der Waals surface area contributed by atoms with Gasteiger partial charge in [-0.05, 0) is 31.0 Å². The summed E-state index contributed by atoms with van der Waals surface area (Å²) in [5.41, 5.74) is 1.36. The van der Waals surface area contributed by atoms with Crippen molar-refractivity contribution < 1.29 is 9.47 Å². The van der Waals surface area contributed by atoms with Crippen molar-refractivity contribution >= 4 is 0 Å². The highest BCUT2D eigenvalue weighted by molar-refractivity contribution is 5.37. The molecule has 0 radical (unpaired) electrons. The van der Waals surface area contributed by atoms with E-state index in [1.165, 1.54) is 24.9 Å². The van der Waals surface area contributed by atoms with Gasteiger partial charge < -0.3 is 14.8 Å². The fourth-order valence-electron chi connectivity index (χ4n) is 3.43. The van der Waals surface area contributed by atoms with Gasteiger partial charge in [-0.1, -0.05) is 18.2 Å². The summed E-state index contributed by atoms with van der Waals surface area (Å²) in [6.45, 7) is 5.03. The van der Waals surface area contributed by atoms with E-state index >= 15 is 0 Å². The first-order valence-corrected chi connectivity index (χ1v) is 8.05. The van der Waals surface area contributed by atoms with Crippen molar-refractivity contribution in [3.8, 4) is 5.75 Å². The molecule has 1 saturated heterocycles. The van der Waals surface area contributed by atoms with Crippen molar-refractivity contribution in [1.29, 1.82) is 0 Å². The molecule has 2 unspecified atom stereocenters. The normalized spacial score (nSPS) is 25.0. The Hall–Kier alpha value is -1.10. The maximum absolute atomic E-state index is 6.08. The van der Waals surface area contributed by atoms with Crippen LogP contribution in [0, 0.1) is 0 Å². The van der Waals surface area contributed by atoms with Gasteiger partial charge in [0, 0.05) is 39.2 Å². The fourth-order valence-corrected chi connectivity index (χ4v) is 3.43. The van der Waals surface area contributed by atoms with Gasteiger partial charge in [-0.15, -0.1) is 0 Å². The Morgan fingerprint density at radius 3 is 3.14 bits per heavy atom. The van der Waals surface area contributed by atoms with Crippen LogP contribution in [0.15, 0.2) is 24.3 Å². The summed E-state index contributed by atoms with van der Waals surface area (Å²) < 4.78 is 11.2. The number of fused-ring (bicyclic) bond motifs is 1. The van der Waals surface area contributed by atoms with Crippen LogP contribution in [0.3, 0.4) is 0 Å². The quantitative estimate of drug-likeness (QED) is 0.775. The summed E-state index contributed by atoms with van der Waals surface area (Å²) in [7, 11) is 1.75. The predicted molar refractivity (Wildman–Crippen MR) is 83.9 cm³/mol. The van der Waals surface area contributed by atoms with E-state index in [9.17, 15) is 0 Å². The Morgan fingerprint density at radius 2 is 2.29 bits per heavy atom. The minimum Gasteiger partial charge on any atom is -0.488 e. The van der Waals surface area contributed by atoms with Crippen molar-refractivity contribution in [3.63, 3.8) is 0 Å². The Bertz CT molecular complexity index is 427. The van der Waals surface area contributed by atoms with E-state index in [1.807, 2.05) is 0 Å². The van der Waals surface area contributed by atoms with Gasteiger partial charge in [0.05, 0.1) is 6.61 Å². The molecule has 0 spiro atoms. The summed E-state index contributed by atoms with van der Waals surface area (Å²) in [5.74, 6) is 1.08. The number of hydrogen-bond donors (Lipinski definition) is 1. The smallest absolute Gasteiger partial charge is 0.123 e. The van der Waals surface area contributed by atoms with Crippen LogP contribution in [-0.4, -0.2) is 56.9 Å². The molecule has 4 heteroatoms. The predicted octanol–water partition coefficient (Wildman–Crippen LogP) is 1.69. The Balaban J connectivity index is 1.46. The molecular weight excluding hydrogens is 264 g/mol. The average Bonchev–Trinajstić information content (AvgIpc) is 3.10. The van der Waals surface area contributed by atoms with Gasteiger partial charge in [0.25, 0.3) is 0 Å². The molecule has 3 rings (SSSR count). The van der Waals surface area contributed by atoms with Gasteiger partial charge in [0.2, 0.25) is 0 Å². The molecule has 0 aromatic heterocycles.